The van der Waals surface area contributed by atoms with Crippen molar-refractivity contribution in [2.75, 3.05) is 6.61 Å². The number of benzene rings is 1. The van der Waals surface area contributed by atoms with Crippen LogP contribution in [0.1, 0.15) is 20.3 Å². The molecule has 0 saturated heterocycles. The van der Waals surface area contributed by atoms with Crippen LogP contribution in [0.2, 0.25) is 10.0 Å². The molecule has 0 saturated carbocycles. The lowest BCUT2D eigenvalue weighted by atomic mass is 10.0. The molecular weight excluding hydrogens is 297 g/mol. The van der Waals surface area contributed by atoms with Gasteiger partial charge in [-0.1, -0.05) is 29.3 Å². The maximum absolute atomic E-state index is 12.2. The van der Waals surface area contributed by atoms with Gasteiger partial charge in [-0.25, -0.2) is 13.1 Å². The first kappa shape index (κ1) is 15.7. The molecule has 0 unspecified atom stereocenters. The van der Waals surface area contributed by atoms with Gasteiger partial charge in [-0.2, -0.15) is 0 Å². The zero-order valence-electron chi connectivity index (χ0n) is 10.1. The molecule has 0 bridgehead atoms. The summed E-state index contributed by atoms with van der Waals surface area (Å²) in [6.45, 7) is 3.25. The van der Waals surface area contributed by atoms with E-state index in [1.807, 2.05) is 0 Å². The van der Waals surface area contributed by atoms with Gasteiger partial charge in [0.2, 0.25) is 10.0 Å². The van der Waals surface area contributed by atoms with Crippen molar-refractivity contribution < 1.29 is 13.5 Å². The molecular formula is C11H15Cl2NO3S. The van der Waals surface area contributed by atoms with Crippen LogP contribution in [0.15, 0.2) is 23.1 Å². The standard InChI is InChI=1S/C11H15Cl2NO3S/c1-11(2,6-7-15)14-18(16,17)9-5-3-4-8(12)10(9)13/h3-5,14-15H,6-7H2,1-2H3. The monoisotopic (exact) mass is 311 g/mol. The number of sulfonamides is 1. The summed E-state index contributed by atoms with van der Waals surface area (Å²) in [6.07, 6.45) is 0.296. The van der Waals surface area contributed by atoms with Gasteiger partial charge in [0, 0.05) is 12.1 Å². The average molecular weight is 312 g/mol. The molecule has 0 heterocycles. The van der Waals surface area contributed by atoms with E-state index in [0.717, 1.165) is 0 Å². The van der Waals surface area contributed by atoms with E-state index in [1.54, 1.807) is 13.8 Å². The molecule has 4 nitrogen and oxygen atoms in total. The van der Waals surface area contributed by atoms with Crippen LogP contribution in [0.5, 0.6) is 0 Å². The molecule has 7 heteroatoms. The van der Waals surface area contributed by atoms with Gasteiger partial charge in [-0.15, -0.1) is 0 Å². The fraction of sp³-hybridized carbons (Fsp3) is 0.455. The Hall–Kier alpha value is -0.330. The molecule has 1 aromatic carbocycles. The summed E-state index contributed by atoms with van der Waals surface area (Å²) >= 11 is 11.7. The largest absolute Gasteiger partial charge is 0.396 e. The molecule has 2 N–H and O–H groups in total. The smallest absolute Gasteiger partial charge is 0.242 e. The summed E-state index contributed by atoms with van der Waals surface area (Å²) in [5.41, 5.74) is -0.765. The normalized spacial score (nSPS) is 12.7. The molecule has 0 amide bonds. The van der Waals surface area contributed by atoms with Gasteiger partial charge in [-0.3, -0.25) is 0 Å². The zero-order chi connectivity index (χ0) is 14.0. The second-order valence-electron chi connectivity index (χ2n) is 4.51. The maximum atomic E-state index is 12.2. The summed E-state index contributed by atoms with van der Waals surface area (Å²) in [7, 11) is -3.77. The molecule has 0 radical (unpaired) electrons. The van der Waals surface area contributed by atoms with Crippen LogP contribution >= 0.6 is 23.2 Å². The fourth-order valence-electron chi connectivity index (χ4n) is 1.44. The van der Waals surface area contributed by atoms with Gasteiger partial charge in [0.05, 0.1) is 10.0 Å². The Labute approximate surface area is 117 Å². The number of aliphatic hydroxyl groups excluding tert-OH is 1. The summed E-state index contributed by atoms with van der Waals surface area (Å²) in [4.78, 5) is -0.0670. The highest BCUT2D eigenvalue weighted by atomic mass is 35.5. The molecule has 0 aliphatic rings. The Balaban J connectivity index is 3.11. The summed E-state index contributed by atoms with van der Waals surface area (Å²) in [5, 5.41) is 9.06. The third-order valence-electron chi connectivity index (χ3n) is 2.35. The number of rotatable bonds is 5. The van der Waals surface area contributed by atoms with E-state index in [0.29, 0.717) is 6.42 Å². The maximum Gasteiger partial charge on any atom is 0.242 e. The van der Waals surface area contributed by atoms with Crippen LogP contribution in [0, 0.1) is 0 Å². The second kappa shape index (κ2) is 5.75. The van der Waals surface area contributed by atoms with Crippen molar-refractivity contribution in [1.82, 2.24) is 4.72 Å². The van der Waals surface area contributed by atoms with Crippen LogP contribution in [-0.4, -0.2) is 25.7 Å². The summed E-state index contributed by atoms with van der Waals surface area (Å²) < 4.78 is 26.8. The minimum absolute atomic E-state index is 0.00790. The number of hydrogen-bond acceptors (Lipinski definition) is 3. The third-order valence-corrected chi connectivity index (χ3v) is 5.02. The molecule has 1 rings (SSSR count). The highest BCUT2D eigenvalue weighted by molar-refractivity contribution is 7.89. The van der Waals surface area contributed by atoms with Crippen molar-refractivity contribution in [2.45, 2.75) is 30.7 Å². The summed E-state index contributed by atoms with van der Waals surface area (Å²) in [5.74, 6) is 0. The van der Waals surface area contributed by atoms with Crippen molar-refractivity contribution in [2.24, 2.45) is 0 Å². The van der Waals surface area contributed by atoms with Gasteiger partial charge in [0.15, 0.2) is 0 Å². The SMILES string of the molecule is CC(C)(CCO)NS(=O)(=O)c1cccc(Cl)c1Cl. The Morgan fingerprint density at radius 1 is 1.33 bits per heavy atom. The van der Waals surface area contributed by atoms with Crippen LogP contribution < -0.4 is 4.72 Å². The first-order valence-corrected chi connectivity index (χ1v) is 7.52. The van der Waals surface area contributed by atoms with Crippen LogP contribution in [-0.2, 0) is 10.0 Å². The van der Waals surface area contributed by atoms with E-state index < -0.39 is 15.6 Å². The Bertz CT molecular complexity index is 529. The van der Waals surface area contributed by atoms with Crippen LogP contribution in [0.4, 0.5) is 0 Å². The van der Waals surface area contributed by atoms with E-state index >= 15 is 0 Å². The average Bonchev–Trinajstić information content (AvgIpc) is 2.19. The summed E-state index contributed by atoms with van der Waals surface area (Å²) in [6, 6.07) is 4.41. The zero-order valence-corrected chi connectivity index (χ0v) is 12.4. The Kier molecular flexibility index (Phi) is 5.03. The van der Waals surface area contributed by atoms with Crippen LogP contribution in [0.25, 0.3) is 0 Å². The first-order chi connectivity index (χ1) is 8.19. The predicted molar refractivity (Wildman–Crippen MR) is 72.6 cm³/mol. The number of nitrogens with one attached hydrogen (secondary N) is 1. The second-order valence-corrected chi connectivity index (χ2v) is 6.95. The number of aliphatic hydroxyl groups is 1. The molecule has 0 aliphatic carbocycles. The number of hydrogen-bond donors (Lipinski definition) is 2. The van der Waals surface area contributed by atoms with E-state index in [1.165, 1.54) is 18.2 Å². The molecule has 0 spiro atoms. The predicted octanol–water partition coefficient (Wildman–Crippen LogP) is 2.43. The van der Waals surface area contributed by atoms with E-state index in [2.05, 4.69) is 4.72 Å². The van der Waals surface area contributed by atoms with E-state index in [9.17, 15) is 8.42 Å². The molecule has 0 atom stereocenters. The van der Waals surface area contributed by atoms with Crippen molar-refractivity contribution in [3.05, 3.63) is 28.2 Å². The minimum Gasteiger partial charge on any atom is -0.396 e. The highest BCUT2D eigenvalue weighted by Crippen LogP contribution is 2.29. The quantitative estimate of drug-likeness (QED) is 0.877. The topological polar surface area (TPSA) is 66.4 Å². The van der Waals surface area contributed by atoms with Crippen molar-refractivity contribution >= 4 is 33.2 Å². The van der Waals surface area contributed by atoms with Gasteiger partial charge < -0.3 is 5.11 Å². The Morgan fingerprint density at radius 3 is 2.50 bits per heavy atom. The molecule has 0 aromatic heterocycles. The lowest BCUT2D eigenvalue weighted by Gasteiger charge is -2.25. The van der Waals surface area contributed by atoms with Gasteiger partial charge >= 0.3 is 0 Å². The van der Waals surface area contributed by atoms with Crippen molar-refractivity contribution in [3.8, 4) is 0 Å². The fourth-order valence-corrected chi connectivity index (χ4v) is 3.65. The highest BCUT2D eigenvalue weighted by Gasteiger charge is 2.27. The number of halogens is 2. The van der Waals surface area contributed by atoms with E-state index in [-0.39, 0.29) is 21.5 Å². The molecule has 0 fully saturated rings. The third kappa shape index (κ3) is 3.83. The van der Waals surface area contributed by atoms with Crippen molar-refractivity contribution in [3.63, 3.8) is 0 Å². The molecule has 102 valence electrons. The van der Waals surface area contributed by atoms with Crippen molar-refractivity contribution in [1.29, 1.82) is 0 Å². The lowest BCUT2D eigenvalue weighted by Crippen LogP contribution is -2.44. The Morgan fingerprint density at radius 2 is 1.94 bits per heavy atom. The minimum atomic E-state index is -3.77. The molecule has 1 aromatic rings. The van der Waals surface area contributed by atoms with Gasteiger partial charge in [0.1, 0.15) is 4.90 Å². The first-order valence-electron chi connectivity index (χ1n) is 5.28. The van der Waals surface area contributed by atoms with Gasteiger partial charge in [-0.05, 0) is 32.4 Å². The lowest BCUT2D eigenvalue weighted by molar-refractivity contribution is 0.246. The van der Waals surface area contributed by atoms with E-state index in [4.69, 9.17) is 28.3 Å². The molecule has 18 heavy (non-hydrogen) atoms. The van der Waals surface area contributed by atoms with Gasteiger partial charge in [0.25, 0.3) is 0 Å². The molecule has 0 aliphatic heterocycles. The van der Waals surface area contributed by atoms with Crippen LogP contribution in [0.3, 0.4) is 0 Å².